The molecular weight excluding hydrogens is 324 g/mol. The van der Waals surface area contributed by atoms with Gasteiger partial charge in [0.25, 0.3) is 0 Å². The Bertz CT molecular complexity index is 632. The molecule has 2 heterocycles. The summed E-state index contributed by atoms with van der Waals surface area (Å²) in [5.41, 5.74) is 3.63. The molecule has 0 unspecified atom stereocenters. The van der Waals surface area contributed by atoms with Crippen molar-refractivity contribution >= 4 is 11.6 Å². The predicted octanol–water partition coefficient (Wildman–Crippen LogP) is -0.402. The maximum atomic E-state index is 12.7. The van der Waals surface area contributed by atoms with Crippen molar-refractivity contribution in [2.75, 3.05) is 26.3 Å². The molecule has 0 aromatic heterocycles. The van der Waals surface area contributed by atoms with Gasteiger partial charge in [-0.15, -0.1) is 0 Å². The van der Waals surface area contributed by atoms with Gasteiger partial charge in [0.05, 0.1) is 30.9 Å². The van der Waals surface area contributed by atoms with E-state index in [-0.39, 0.29) is 23.9 Å². The van der Waals surface area contributed by atoms with Crippen molar-refractivity contribution in [1.82, 2.24) is 4.90 Å². The molecule has 0 bridgehead atoms. The lowest BCUT2D eigenvalue weighted by molar-refractivity contribution is -0.133. The number of aliphatic imine (C=N–C) groups is 1. The van der Waals surface area contributed by atoms with Gasteiger partial charge in [-0.1, -0.05) is 37.1 Å². The Morgan fingerprint density at radius 2 is 1.88 bits per heavy atom. The number of carbonyl (C=O) groups excluding carboxylic acids is 1. The smallest absolute Gasteiger partial charge is 0.228 e. The third-order valence-electron chi connectivity index (χ3n) is 5.44. The van der Waals surface area contributed by atoms with Crippen LogP contribution in [0.3, 0.4) is 0 Å². The van der Waals surface area contributed by atoms with Crippen molar-refractivity contribution in [2.45, 2.75) is 44.1 Å². The van der Waals surface area contributed by atoms with Gasteiger partial charge in [-0.05, 0) is 30.4 Å². The van der Waals surface area contributed by atoms with Crippen LogP contribution in [-0.2, 0) is 16.0 Å². The second-order valence-corrected chi connectivity index (χ2v) is 6.99. The van der Waals surface area contributed by atoms with Crippen LogP contribution in [-0.4, -0.2) is 48.4 Å². The fourth-order valence-corrected chi connectivity index (χ4v) is 4.22. The van der Waals surface area contributed by atoms with Gasteiger partial charge in [-0.2, -0.15) is 0 Å². The molecule has 1 saturated carbocycles. The van der Waals surface area contributed by atoms with Gasteiger partial charge in [-0.3, -0.25) is 9.79 Å². The molecule has 24 heavy (non-hydrogen) atoms. The molecule has 2 fully saturated rings. The van der Waals surface area contributed by atoms with Crippen molar-refractivity contribution in [3.63, 3.8) is 0 Å². The van der Waals surface area contributed by atoms with E-state index in [1.807, 2.05) is 4.90 Å². The van der Waals surface area contributed by atoms with Crippen LogP contribution in [0.15, 0.2) is 29.3 Å². The van der Waals surface area contributed by atoms with Gasteiger partial charge in [-0.25, -0.2) is 0 Å². The molecule has 1 aromatic carbocycles. The van der Waals surface area contributed by atoms with E-state index >= 15 is 0 Å². The molecule has 1 aliphatic carbocycles. The Hall–Kier alpha value is -1.39. The largest absolute Gasteiger partial charge is 1.00 e. The first-order valence-corrected chi connectivity index (χ1v) is 8.78. The Kier molecular flexibility index (Phi) is 5.26. The van der Waals surface area contributed by atoms with Crippen molar-refractivity contribution in [2.24, 2.45) is 4.99 Å². The molecule has 2 aliphatic heterocycles. The van der Waals surface area contributed by atoms with E-state index in [0.717, 1.165) is 25.0 Å². The first-order chi connectivity index (χ1) is 11.3. The molecule has 0 radical (unpaired) electrons. The van der Waals surface area contributed by atoms with Gasteiger partial charge >= 0.3 is 0 Å². The van der Waals surface area contributed by atoms with Crippen LogP contribution < -0.4 is 12.4 Å². The topological polar surface area (TPSA) is 41.9 Å². The maximum absolute atomic E-state index is 12.7. The van der Waals surface area contributed by atoms with Crippen LogP contribution in [0.4, 0.5) is 0 Å². The summed E-state index contributed by atoms with van der Waals surface area (Å²) in [6.45, 7) is 2.72. The summed E-state index contributed by atoms with van der Waals surface area (Å²) in [5, 5.41) is 0. The summed E-state index contributed by atoms with van der Waals surface area (Å²) >= 11 is 0. The third-order valence-corrected chi connectivity index (χ3v) is 5.44. The number of benzene rings is 1. The molecule has 0 atom stereocenters. The highest BCUT2D eigenvalue weighted by Gasteiger charge is 2.38. The summed E-state index contributed by atoms with van der Waals surface area (Å²) in [6, 6.07) is 8.50. The maximum Gasteiger partial charge on any atom is 0.228 e. The van der Waals surface area contributed by atoms with E-state index in [4.69, 9.17) is 9.73 Å². The van der Waals surface area contributed by atoms with Crippen molar-refractivity contribution in [3.05, 3.63) is 35.4 Å². The van der Waals surface area contributed by atoms with Crippen molar-refractivity contribution < 1.29 is 21.9 Å². The molecule has 1 aromatic rings. The molecule has 130 valence electrons. The average molecular weight is 348 g/mol. The molecule has 1 spiro atoms. The molecule has 3 aliphatic rings. The number of morpholine rings is 1. The van der Waals surface area contributed by atoms with Crippen LogP contribution in [0.1, 0.15) is 43.2 Å². The first kappa shape index (κ1) is 17.4. The number of hydrogen-bond donors (Lipinski definition) is 0. The highest BCUT2D eigenvalue weighted by Crippen LogP contribution is 2.40. The minimum atomic E-state index is 0. The number of amides is 1. The van der Waals surface area contributed by atoms with Crippen LogP contribution in [0, 0.1) is 0 Å². The second kappa shape index (κ2) is 7.24. The molecule has 0 N–H and O–H groups in total. The fraction of sp³-hybridized carbons (Fsp3) is 0.579. The molecule has 4 nitrogen and oxygen atoms in total. The Morgan fingerprint density at radius 3 is 2.62 bits per heavy atom. The van der Waals surface area contributed by atoms with Crippen molar-refractivity contribution in [3.8, 4) is 0 Å². The molecular formula is C19H24ClN2O2-. The highest BCUT2D eigenvalue weighted by atomic mass is 35.5. The Labute approximate surface area is 149 Å². The quantitative estimate of drug-likeness (QED) is 0.730. The van der Waals surface area contributed by atoms with Crippen LogP contribution >= 0.6 is 0 Å². The van der Waals surface area contributed by atoms with E-state index in [2.05, 4.69) is 24.3 Å². The van der Waals surface area contributed by atoms with Crippen LogP contribution in [0.25, 0.3) is 0 Å². The zero-order valence-corrected chi connectivity index (χ0v) is 14.7. The number of fused-ring (bicyclic) bond motifs is 1. The van der Waals surface area contributed by atoms with E-state index in [1.165, 1.54) is 24.0 Å². The van der Waals surface area contributed by atoms with Gasteiger partial charge < -0.3 is 22.0 Å². The monoisotopic (exact) mass is 347 g/mol. The zero-order chi connectivity index (χ0) is 15.7. The minimum Gasteiger partial charge on any atom is -1.00 e. The summed E-state index contributed by atoms with van der Waals surface area (Å²) in [4.78, 5) is 19.7. The normalized spacial score (nSPS) is 21.8. The summed E-state index contributed by atoms with van der Waals surface area (Å²) in [7, 11) is 0. The van der Waals surface area contributed by atoms with Crippen LogP contribution in [0.2, 0.25) is 0 Å². The Balaban J connectivity index is 0.00000169. The number of hydrogen-bond acceptors (Lipinski definition) is 3. The molecule has 1 amide bonds. The molecule has 1 saturated heterocycles. The van der Waals surface area contributed by atoms with Gasteiger partial charge in [0.1, 0.15) is 0 Å². The number of halogens is 1. The highest BCUT2D eigenvalue weighted by molar-refractivity contribution is 6.12. The first-order valence-electron chi connectivity index (χ1n) is 8.78. The zero-order valence-electron chi connectivity index (χ0n) is 14.0. The number of rotatable bonds is 2. The standard InChI is InChI=1S/C19H24N2O2.ClH/c22-18(21-9-11-23-12-10-21)13-17-16-6-2-1-5-15(16)14-19(20-17)7-3-4-8-19;/h1-2,5-6H,3-4,7-14H2;1H/p-1. The van der Waals surface area contributed by atoms with E-state index in [9.17, 15) is 4.79 Å². The van der Waals surface area contributed by atoms with E-state index in [1.54, 1.807) is 0 Å². The minimum absolute atomic E-state index is 0. The predicted molar refractivity (Wildman–Crippen MR) is 89.9 cm³/mol. The number of carbonyl (C=O) groups is 1. The van der Waals surface area contributed by atoms with E-state index < -0.39 is 0 Å². The van der Waals surface area contributed by atoms with Crippen LogP contribution in [0.5, 0.6) is 0 Å². The molecule has 5 heteroatoms. The number of nitrogens with zero attached hydrogens (tertiary/aromatic N) is 2. The molecule has 4 rings (SSSR count). The van der Waals surface area contributed by atoms with Gasteiger partial charge in [0.15, 0.2) is 0 Å². The third kappa shape index (κ3) is 3.35. The summed E-state index contributed by atoms with van der Waals surface area (Å²) in [5.74, 6) is 0.192. The lowest BCUT2D eigenvalue weighted by Crippen LogP contribution is -3.00. The summed E-state index contributed by atoms with van der Waals surface area (Å²) in [6.07, 6.45) is 6.32. The lowest BCUT2D eigenvalue weighted by Gasteiger charge is -2.33. The van der Waals surface area contributed by atoms with Crippen molar-refractivity contribution in [1.29, 1.82) is 0 Å². The lowest BCUT2D eigenvalue weighted by atomic mass is 9.82. The summed E-state index contributed by atoms with van der Waals surface area (Å²) < 4.78 is 5.35. The number of ether oxygens (including phenoxy) is 1. The Morgan fingerprint density at radius 1 is 1.17 bits per heavy atom. The fourth-order valence-electron chi connectivity index (χ4n) is 4.22. The average Bonchev–Trinajstić information content (AvgIpc) is 3.03. The second-order valence-electron chi connectivity index (χ2n) is 6.99. The van der Waals surface area contributed by atoms with E-state index in [0.29, 0.717) is 32.7 Å². The SMILES string of the molecule is O=C(CC1=NC2(CCCC2)Cc2ccccc21)N1CCOCC1.[Cl-]. The van der Waals surface area contributed by atoms with Gasteiger partial charge in [0, 0.05) is 13.1 Å². The van der Waals surface area contributed by atoms with Gasteiger partial charge in [0.2, 0.25) is 5.91 Å².